The van der Waals surface area contributed by atoms with Crippen LogP contribution in [0.25, 0.3) is 16.8 Å². The van der Waals surface area contributed by atoms with Gasteiger partial charge < -0.3 is 14.4 Å². The number of aryl methyl sites for hydroxylation is 2. The monoisotopic (exact) mass is 389 g/mol. The Morgan fingerprint density at radius 2 is 1.83 bits per heavy atom. The highest BCUT2D eigenvalue weighted by atomic mass is 16.5. The quantitative estimate of drug-likeness (QED) is 0.567. The van der Waals surface area contributed by atoms with Crippen LogP contribution in [0.1, 0.15) is 22.8 Å². The molecule has 4 aromatic rings. The van der Waals surface area contributed by atoms with Gasteiger partial charge in [0.05, 0.1) is 25.5 Å². The van der Waals surface area contributed by atoms with Crippen LogP contribution in [0.15, 0.2) is 65.7 Å². The van der Waals surface area contributed by atoms with Gasteiger partial charge in [-0.15, -0.1) is 0 Å². The van der Waals surface area contributed by atoms with Gasteiger partial charge in [0.25, 0.3) is 5.56 Å². The van der Waals surface area contributed by atoms with Crippen molar-refractivity contribution in [3.05, 3.63) is 88.0 Å². The highest BCUT2D eigenvalue weighted by molar-refractivity contribution is 5.66. The van der Waals surface area contributed by atoms with Crippen LogP contribution in [0.2, 0.25) is 0 Å². The van der Waals surface area contributed by atoms with Crippen molar-refractivity contribution >= 4 is 5.52 Å². The van der Waals surface area contributed by atoms with Crippen molar-refractivity contribution in [2.75, 3.05) is 7.11 Å². The molecule has 1 N–H and O–H groups in total. The van der Waals surface area contributed by atoms with Gasteiger partial charge in [-0.1, -0.05) is 23.8 Å². The van der Waals surface area contributed by atoms with Crippen LogP contribution in [-0.2, 0) is 6.54 Å². The Morgan fingerprint density at radius 3 is 2.52 bits per heavy atom. The maximum atomic E-state index is 13.0. The van der Waals surface area contributed by atoms with Gasteiger partial charge in [-0.2, -0.15) is 5.10 Å². The topological polar surface area (TPSA) is 68.8 Å². The lowest BCUT2D eigenvalue weighted by atomic mass is 10.0. The van der Waals surface area contributed by atoms with Gasteiger partial charge >= 0.3 is 0 Å². The summed E-state index contributed by atoms with van der Waals surface area (Å²) in [5.41, 5.74) is 4.86. The third kappa shape index (κ3) is 3.67. The van der Waals surface area contributed by atoms with E-state index in [-0.39, 0.29) is 12.1 Å². The van der Waals surface area contributed by atoms with Gasteiger partial charge in [-0.3, -0.25) is 4.79 Å². The second-order valence-corrected chi connectivity index (χ2v) is 7.22. The Balaban J connectivity index is 1.66. The minimum Gasteiger partial charge on any atom is -0.497 e. The molecule has 0 saturated carbocycles. The molecule has 4 rings (SSSR count). The number of nitrogens with zero attached hydrogens (tertiary/aromatic N) is 3. The molecule has 1 atom stereocenters. The van der Waals surface area contributed by atoms with Crippen LogP contribution in [-0.4, -0.2) is 26.4 Å². The summed E-state index contributed by atoms with van der Waals surface area (Å²) < 4.78 is 8.28. The summed E-state index contributed by atoms with van der Waals surface area (Å²) in [7, 11) is 1.62. The summed E-state index contributed by atoms with van der Waals surface area (Å²) in [6.45, 7) is 4.17. The lowest BCUT2D eigenvalue weighted by Gasteiger charge is -2.16. The average molecular weight is 389 g/mol. The van der Waals surface area contributed by atoms with E-state index in [0.717, 1.165) is 28.0 Å². The smallest absolute Gasteiger partial charge is 0.276 e. The van der Waals surface area contributed by atoms with Crippen LogP contribution in [0, 0.1) is 13.8 Å². The molecule has 0 saturated heterocycles. The first-order valence-corrected chi connectivity index (χ1v) is 9.45. The molecule has 29 heavy (non-hydrogen) atoms. The summed E-state index contributed by atoms with van der Waals surface area (Å²) in [5.74, 6) is 0.764. The molecule has 0 amide bonds. The van der Waals surface area contributed by atoms with Gasteiger partial charge in [0, 0.05) is 18.0 Å². The van der Waals surface area contributed by atoms with E-state index in [1.165, 1.54) is 4.57 Å². The zero-order chi connectivity index (χ0) is 20.5. The fourth-order valence-corrected chi connectivity index (χ4v) is 3.56. The Hall–Kier alpha value is -3.38. The van der Waals surface area contributed by atoms with Crippen LogP contribution in [0.4, 0.5) is 0 Å². The maximum Gasteiger partial charge on any atom is 0.276 e. The van der Waals surface area contributed by atoms with E-state index in [1.807, 2.05) is 56.3 Å². The molecule has 6 heteroatoms. The Bertz CT molecular complexity index is 1220. The third-order valence-corrected chi connectivity index (χ3v) is 5.14. The van der Waals surface area contributed by atoms with Gasteiger partial charge in [-0.25, -0.2) is 4.52 Å². The van der Waals surface area contributed by atoms with Gasteiger partial charge in [0.15, 0.2) is 0 Å². The molecule has 0 spiro atoms. The van der Waals surface area contributed by atoms with Crippen molar-refractivity contribution in [2.45, 2.75) is 26.5 Å². The number of benzene rings is 2. The normalized spacial score (nSPS) is 12.3. The van der Waals surface area contributed by atoms with Crippen molar-refractivity contribution in [2.24, 2.45) is 0 Å². The third-order valence-electron chi connectivity index (χ3n) is 5.14. The number of methoxy groups -OCH3 is 1. The van der Waals surface area contributed by atoms with Crippen LogP contribution < -0.4 is 10.3 Å². The van der Waals surface area contributed by atoms with Crippen molar-refractivity contribution in [3.63, 3.8) is 0 Å². The summed E-state index contributed by atoms with van der Waals surface area (Å²) in [6, 6.07) is 15.2. The molecule has 0 radical (unpaired) electrons. The molecule has 6 nitrogen and oxygen atoms in total. The van der Waals surface area contributed by atoms with Gasteiger partial charge in [-0.05, 0) is 55.3 Å². The first-order chi connectivity index (χ1) is 14.0. The lowest BCUT2D eigenvalue weighted by molar-refractivity contribution is 0.154. The molecule has 0 bridgehead atoms. The molecule has 0 unspecified atom stereocenters. The van der Waals surface area contributed by atoms with Crippen LogP contribution in [0.3, 0.4) is 0 Å². The molecule has 2 aromatic heterocycles. The van der Waals surface area contributed by atoms with E-state index >= 15 is 0 Å². The molecule has 148 valence electrons. The van der Waals surface area contributed by atoms with Crippen molar-refractivity contribution < 1.29 is 9.84 Å². The Kier molecular flexibility index (Phi) is 4.94. The predicted octanol–water partition coefficient (Wildman–Crippen LogP) is 3.52. The van der Waals surface area contributed by atoms with Crippen LogP contribution in [0.5, 0.6) is 5.75 Å². The zero-order valence-electron chi connectivity index (χ0n) is 16.7. The summed E-state index contributed by atoms with van der Waals surface area (Å²) in [6.07, 6.45) is 2.63. The number of aliphatic hydroxyl groups excluding tert-OH is 1. The summed E-state index contributed by atoms with van der Waals surface area (Å²) >= 11 is 0. The van der Waals surface area contributed by atoms with E-state index in [9.17, 15) is 9.90 Å². The van der Waals surface area contributed by atoms with Crippen molar-refractivity contribution in [1.82, 2.24) is 14.2 Å². The second-order valence-electron chi connectivity index (χ2n) is 7.22. The summed E-state index contributed by atoms with van der Waals surface area (Å²) in [4.78, 5) is 13.0. The lowest BCUT2D eigenvalue weighted by Crippen LogP contribution is -2.24. The fourth-order valence-electron chi connectivity index (χ4n) is 3.56. The first-order valence-electron chi connectivity index (χ1n) is 9.45. The molecule has 0 aliphatic carbocycles. The highest BCUT2D eigenvalue weighted by Crippen LogP contribution is 2.23. The maximum absolute atomic E-state index is 13.0. The minimum atomic E-state index is -0.764. The molecular formula is C23H23N3O3. The number of rotatable bonds is 5. The molecule has 2 heterocycles. The van der Waals surface area contributed by atoms with E-state index < -0.39 is 6.10 Å². The van der Waals surface area contributed by atoms with Crippen molar-refractivity contribution in [3.8, 4) is 17.0 Å². The largest absolute Gasteiger partial charge is 0.497 e. The molecule has 0 aliphatic rings. The molecule has 0 fully saturated rings. The number of aliphatic hydroxyl groups is 1. The second kappa shape index (κ2) is 7.56. The number of aromatic nitrogens is 3. The highest BCUT2D eigenvalue weighted by Gasteiger charge is 2.14. The summed E-state index contributed by atoms with van der Waals surface area (Å²) in [5, 5.41) is 15.2. The van der Waals surface area contributed by atoms with Gasteiger partial charge in [0.2, 0.25) is 0 Å². The number of fused-ring (bicyclic) bond motifs is 1. The minimum absolute atomic E-state index is 0.183. The SMILES string of the molecule is COc1ccc(-c2cc3c(=O)n(C[C@H](O)c4ccc(C)cc4C)ccn3n2)cc1. The molecular weight excluding hydrogens is 366 g/mol. The number of ether oxygens (including phenoxy) is 1. The average Bonchev–Trinajstić information content (AvgIpc) is 3.15. The molecule has 0 aliphatic heterocycles. The number of hydrogen-bond donors (Lipinski definition) is 1. The van der Waals surface area contributed by atoms with Crippen molar-refractivity contribution in [1.29, 1.82) is 0 Å². The van der Waals surface area contributed by atoms with E-state index in [4.69, 9.17) is 4.74 Å². The zero-order valence-corrected chi connectivity index (χ0v) is 16.7. The fraction of sp³-hybridized carbons (Fsp3) is 0.217. The Morgan fingerprint density at radius 1 is 1.07 bits per heavy atom. The van der Waals surface area contributed by atoms with Gasteiger partial charge in [0.1, 0.15) is 11.3 Å². The molecule has 2 aromatic carbocycles. The van der Waals surface area contributed by atoms with E-state index in [2.05, 4.69) is 5.10 Å². The van der Waals surface area contributed by atoms with Crippen LogP contribution >= 0.6 is 0 Å². The number of hydrogen-bond acceptors (Lipinski definition) is 4. The van der Waals surface area contributed by atoms with E-state index in [0.29, 0.717) is 11.2 Å². The standard InChI is InChI=1S/C23H23N3O3/c1-15-4-9-19(16(2)12-15)22(27)14-25-10-11-26-21(23(25)28)13-20(24-26)17-5-7-18(29-3)8-6-17/h4-13,22,27H,14H2,1-3H3/t22-/m0/s1. The predicted molar refractivity (Wildman–Crippen MR) is 112 cm³/mol. The van der Waals surface area contributed by atoms with E-state index in [1.54, 1.807) is 30.1 Å². The Labute approximate surface area is 168 Å². The first kappa shape index (κ1) is 19.0.